The van der Waals surface area contributed by atoms with E-state index in [4.69, 9.17) is 4.52 Å². The van der Waals surface area contributed by atoms with Gasteiger partial charge in [0.05, 0.1) is 23.5 Å². The lowest BCUT2D eigenvalue weighted by Gasteiger charge is -2.38. The lowest BCUT2D eigenvalue weighted by atomic mass is 9.89. The summed E-state index contributed by atoms with van der Waals surface area (Å²) in [7, 11) is 1.87. The van der Waals surface area contributed by atoms with Crippen LogP contribution in [0.25, 0.3) is 0 Å². The van der Waals surface area contributed by atoms with Crippen LogP contribution in [0.5, 0.6) is 0 Å². The fourth-order valence-electron chi connectivity index (χ4n) is 4.11. The molecule has 1 unspecified atom stereocenters. The number of alkyl halides is 3. The first-order valence-corrected chi connectivity index (χ1v) is 10.7. The monoisotopic (exact) mass is 465 g/mol. The Labute approximate surface area is 189 Å². The number of hydrogen-bond donors (Lipinski definition) is 1. The van der Waals surface area contributed by atoms with Crippen LogP contribution in [0, 0.1) is 0 Å². The van der Waals surface area contributed by atoms with Crippen LogP contribution in [0.2, 0.25) is 0 Å². The predicted octanol–water partition coefficient (Wildman–Crippen LogP) is 3.51. The molecule has 1 aromatic carbocycles. The third kappa shape index (κ3) is 4.22. The van der Waals surface area contributed by atoms with Crippen molar-refractivity contribution in [2.24, 2.45) is 5.10 Å². The highest BCUT2D eigenvalue weighted by atomic mass is 19.4. The lowest BCUT2D eigenvalue weighted by Crippen LogP contribution is -2.45. The minimum absolute atomic E-state index is 0.0636. The summed E-state index contributed by atoms with van der Waals surface area (Å²) in [5, 5.41) is 21.5. The van der Waals surface area contributed by atoms with E-state index in [2.05, 4.69) is 10.3 Å². The number of amides is 1. The van der Waals surface area contributed by atoms with Crippen LogP contribution in [0.4, 0.5) is 18.9 Å². The Morgan fingerprint density at radius 1 is 1.24 bits per heavy atom. The maximum absolute atomic E-state index is 13.6. The summed E-state index contributed by atoms with van der Waals surface area (Å²) in [4.78, 5) is 15.3. The maximum Gasteiger partial charge on any atom is 0.424 e. The third-order valence-electron chi connectivity index (χ3n) is 6.33. The van der Waals surface area contributed by atoms with Crippen molar-refractivity contribution in [3.63, 3.8) is 0 Å². The van der Waals surface area contributed by atoms with E-state index in [9.17, 15) is 23.1 Å². The van der Waals surface area contributed by atoms with Gasteiger partial charge in [-0.05, 0) is 38.8 Å². The smallest absolute Gasteiger partial charge is 0.374 e. The van der Waals surface area contributed by atoms with Gasteiger partial charge in [0.2, 0.25) is 5.60 Å². The average Bonchev–Trinajstić information content (AvgIpc) is 3.42. The third-order valence-corrected chi connectivity index (χ3v) is 6.33. The highest BCUT2D eigenvalue weighted by molar-refractivity contribution is 6.00. The van der Waals surface area contributed by atoms with Crippen molar-refractivity contribution in [2.45, 2.75) is 50.4 Å². The number of hydrazone groups is 1. The Bertz CT molecular complexity index is 1050. The van der Waals surface area contributed by atoms with Crippen molar-refractivity contribution in [3.05, 3.63) is 47.3 Å². The van der Waals surface area contributed by atoms with Crippen molar-refractivity contribution in [2.75, 3.05) is 25.3 Å². The van der Waals surface area contributed by atoms with Gasteiger partial charge in [-0.15, -0.1) is 0 Å². The summed E-state index contributed by atoms with van der Waals surface area (Å²) in [5.41, 5.74) is -1.72. The van der Waals surface area contributed by atoms with E-state index in [1.807, 2.05) is 31.1 Å². The highest BCUT2D eigenvalue weighted by Gasteiger charge is 2.54. The molecule has 0 bridgehead atoms. The summed E-state index contributed by atoms with van der Waals surface area (Å²) in [6, 6.07) is 8.25. The molecule has 1 amide bonds. The molecular formula is C22H26F3N5O3. The molecule has 4 rings (SSSR count). The molecule has 2 aromatic rings. The van der Waals surface area contributed by atoms with Crippen molar-refractivity contribution in [3.8, 4) is 0 Å². The summed E-state index contributed by atoms with van der Waals surface area (Å²) in [6.45, 7) is 3.47. The molecule has 1 fully saturated rings. The van der Waals surface area contributed by atoms with Crippen LogP contribution in [0.1, 0.15) is 54.4 Å². The first kappa shape index (κ1) is 23.2. The van der Waals surface area contributed by atoms with Crippen LogP contribution in [0.3, 0.4) is 0 Å². The maximum atomic E-state index is 13.6. The molecule has 2 aliphatic heterocycles. The van der Waals surface area contributed by atoms with E-state index in [1.165, 1.54) is 0 Å². The van der Waals surface area contributed by atoms with E-state index in [1.54, 1.807) is 28.4 Å². The fourth-order valence-corrected chi connectivity index (χ4v) is 4.11. The Morgan fingerprint density at radius 3 is 2.64 bits per heavy atom. The summed E-state index contributed by atoms with van der Waals surface area (Å²) in [6.07, 6.45) is -1.87. The average molecular weight is 465 g/mol. The molecule has 3 atom stereocenters. The molecule has 0 radical (unpaired) electrons. The first-order valence-electron chi connectivity index (χ1n) is 10.7. The molecule has 3 heterocycles. The topological polar surface area (TPSA) is 85.4 Å². The molecule has 11 heteroatoms. The normalized spacial score (nSPS) is 23.7. The predicted molar refractivity (Wildman–Crippen MR) is 115 cm³/mol. The van der Waals surface area contributed by atoms with Gasteiger partial charge in [0.15, 0.2) is 5.76 Å². The van der Waals surface area contributed by atoms with Crippen molar-refractivity contribution in [1.29, 1.82) is 0 Å². The molecule has 1 saturated heterocycles. The number of anilines is 1. The van der Waals surface area contributed by atoms with E-state index < -0.39 is 17.5 Å². The van der Waals surface area contributed by atoms with Gasteiger partial charge in [-0.25, -0.2) is 0 Å². The lowest BCUT2D eigenvalue weighted by molar-refractivity contribution is -0.265. The minimum atomic E-state index is -4.90. The van der Waals surface area contributed by atoms with Gasteiger partial charge < -0.3 is 14.5 Å². The number of halogens is 3. The van der Waals surface area contributed by atoms with Crippen molar-refractivity contribution in [1.82, 2.24) is 15.1 Å². The van der Waals surface area contributed by atoms with Gasteiger partial charge in [0.25, 0.3) is 5.91 Å². The number of nitrogens with zero attached hydrogens (tertiary/aromatic N) is 5. The first-order chi connectivity index (χ1) is 15.5. The number of aliphatic hydroxyl groups is 1. The minimum Gasteiger partial charge on any atom is -0.374 e. The summed E-state index contributed by atoms with van der Waals surface area (Å²) >= 11 is 0. The standard InChI is InChI=1S/C22H26F3N5O3/c1-14-8-9-15(17-12-19(33-27-17)21(2,32)22(23,24)25)13-29(14)20(31)16-6-4-5-7-18(16)30-26-10-11-28(30)3/h4-7,10,12,14-15,32H,8-9,11,13H2,1-3H3/t14-,15-,21?/m1/s1. The van der Waals surface area contributed by atoms with Crippen LogP contribution in [-0.2, 0) is 5.60 Å². The van der Waals surface area contributed by atoms with E-state index >= 15 is 0 Å². The second-order valence-electron chi connectivity index (χ2n) is 8.71. The van der Waals surface area contributed by atoms with Crippen LogP contribution >= 0.6 is 0 Å². The molecule has 0 spiro atoms. The van der Waals surface area contributed by atoms with Crippen LogP contribution < -0.4 is 5.12 Å². The Morgan fingerprint density at radius 2 is 1.97 bits per heavy atom. The quantitative estimate of drug-likeness (QED) is 0.744. The van der Waals surface area contributed by atoms with Crippen LogP contribution in [0.15, 0.2) is 40.0 Å². The number of likely N-dealkylation sites (tertiary alicyclic amines) is 1. The highest BCUT2D eigenvalue weighted by Crippen LogP contribution is 2.40. The zero-order valence-electron chi connectivity index (χ0n) is 18.6. The number of carbonyl (C=O) groups is 1. The number of benzene rings is 1. The van der Waals surface area contributed by atoms with Gasteiger partial charge in [-0.2, -0.15) is 28.4 Å². The van der Waals surface area contributed by atoms with E-state index in [-0.39, 0.29) is 30.1 Å². The second-order valence-corrected chi connectivity index (χ2v) is 8.71. The largest absolute Gasteiger partial charge is 0.424 e. The Hall–Kier alpha value is -2.92. The molecule has 1 aromatic heterocycles. The van der Waals surface area contributed by atoms with Crippen LogP contribution in [-0.4, -0.2) is 64.6 Å². The Balaban J connectivity index is 1.58. The van der Waals surface area contributed by atoms with Gasteiger partial charge in [0, 0.05) is 37.8 Å². The summed E-state index contributed by atoms with van der Waals surface area (Å²) < 4.78 is 44.4. The Kier molecular flexibility index (Phi) is 5.95. The van der Waals surface area contributed by atoms with E-state index in [0.717, 1.165) is 6.07 Å². The number of para-hydroxylation sites is 1. The molecule has 2 aliphatic rings. The van der Waals surface area contributed by atoms with Crippen molar-refractivity contribution >= 4 is 17.8 Å². The zero-order valence-corrected chi connectivity index (χ0v) is 18.6. The molecule has 0 saturated carbocycles. The van der Waals surface area contributed by atoms with Crippen molar-refractivity contribution < 1.29 is 27.6 Å². The number of piperidine rings is 1. The number of rotatable bonds is 4. The summed E-state index contributed by atoms with van der Waals surface area (Å²) in [5.74, 6) is -1.17. The molecule has 178 valence electrons. The second kappa shape index (κ2) is 8.45. The molecule has 33 heavy (non-hydrogen) atoms. The van der Waals surface area contributed by atoms with Gasteiger partial charge in [-0.1, -0.05) is 17.3 Å². The van der Waals surface area contributed by atoms with E-state index in [0.29, 0.717) is 37.6 Å². The number of aromatic nitrogens is 1. The molecule has 1 N–H and O–H groups in total. The number of hydrazine groups is 1. The van der Waals surface area contributed by atoms with Gasteiger partial charge >= 0.3 is 6.18 Å². The van der Waals surface area contributed by atoms with Gasteiger partial charge in [-0.3, -0.25) is 4.79 Å². The zero-order chi connectivity index (χ0) is 24.0. The molecular weight excluding hydrogens is 439 g/mol. The number of hydrogen-bond acceptors (Lipinski definition) is 7. The van der Waals surface area contributed by atoms with Gasteiger partial charge in [0.1, 0.15) is 0 Å². The number of carbonyl (C=O) groups excluding carboxylic acids is 1. The fraction of sp³-hybridized carbons (Fsp3) is 0.500. The molecule has 0 aliphatic carbocycles. The SMILES string of the molecule is C[C@@H]1CC[C@@H](c2cc(C(C)(O)C(F)(F)F)on2)CN1C(=O)c1ccccc1N1N=CCN1C. The molecule has 8 nitrogen and oxygen atoms in total.